The highest BCUT2D eigenvalue weighted by Gasteiger charge is 2.30. The summed E-state index contributed by atoms with van der Waals surface area (Å²) in [5, 5.41) is 10.9. The van der Waals surface area contributed by atoms with Gasteiger partial charge in [0.25, 0.3) is 0 Å². The van der Waals surface area contributed by atoms with Crippen LogP contribution in [-0.2, 0) is 0 Å². The quantitative estimate of drug-likeness (QED) is 0.495. The number of nitrogens with zero attached hydrogens (tertiary/aromatic N) is 1. The van der Waals surface area contributed by atoms with Crippen LogP contribution in [0.3, 0.4) is 0 Å². The van der Waals surface area contributed by atoms with Gasteiger partial charge in [-0.1, -0.05) is 11.6 Å². The van der Waals surface area contributed by atoms with E-state index in [0.717, 1.165) is 6.42 Å². The van der Waals surface area contributed by atoms with Crippen molar-refractivity contribution in [1.82, 2.24) is 0 Å². The minimum absolute atomic E-state index is 0.117. The molecule has 0 aromatic carbocycles. The van der Waals surface area contributed by atoms with Crippen LogP contribution in [0.4, 0.5) is 0 Å². The molecule has 0 unspecified atom stereocenters. The Hall–Kier alpha value is -0.420. The molecule has 1 nitrogen and oxygen atoms in total. The van der Waals surface area contributed by atoms with Crippen LogP contribution in [0.5, 0.6) is 0 Å². The lowest BCUT2D eigenvalue weighted by molar-refractivity contribution is 0.385. The van der Waals surface area contributed by atoms with Crippen molar-refractivity contribution in [2.75, 3.05) is 0 Å². The molecule has 0 radical (unpaired) electrons. The average molecular weight is 195 g/mol. The molecular formula is C11H17NS. The van der Waals surface area contributed by atoms with E-state index < -0.39 is 0 Å². The Kier molecular flexibility index (Phi) is 3.44. The number of nitriles is 1. The summed E-state index contributed by atoms with van der Waals surface area (Å²) in [5.74, 6) is 0.667. The molecule has 2 heteroatoms. The maximum atomic E-state index is 8.68. The molecule has 0 fully saturated rings. The van der Waals surface area contributed by atoms with E-state index in [1.807, 2.05) is 0 Å². The van der Waals surface area contributed by atoms with Crippen LogP contribution in [0, 0.1) is 16.6 Å². The van der Waals surface area contributed by atoms with Gasteiger partial charge in [0.05, 0.1) is 0 Å². The van der Waals surface area contributed by atoms with Gasteiger partial charge in [0.1, 0.15) is 5.40 Å². The number of hydrogen-bond donors (Lipinski definition) is 0. The van der Waals surface area contributed by atoms with E-state index in [0.29, 0.717) is 5.92 Å². The van der Waals surface area contributed by atoms with E-state index >= 15 is 0 Å². The summed E-state index contributed by atoms with van der Waals surface area (Å²) in [7, 11) is 0. The van der Waals surface area contributed by atoms with Crippen molar-refractivity contribution >= 4 is 11.8 Å². The fourth-order valence-corrected chi connectivity index (χ4v) is 2.41. The highest BCUT2D eigenvalue weighted by molar-refractivity contribution is 8.05. The van der Waals surface area contributed by atoms with Gasteiger partial charge in [-0.2, -0.15) is 5.26 Å². The average Bonchev–Trinajstić information content (AvgIpc) is 2.05. The zero-order valence-corrected chi connectivity index (χ0v) is 9.45. The van der Waals surface area contributed by atoms with Crippen LogP contribution in [0.2, 0.25) is 0 Å². The molecule has 0 amide bonds. The largest absolute Gasteiger partial charge is 0.185 e. The van der Waals surface area contributed by atoms with Crippen LogP contribution in [0.1, 0.15) is 40.0 Å². The predicted molar refractivity (Wildman–Crippen MR) is 58.4 cm³/mol. The van der Waals surface area contributed by atoms with Crippen molar-refractivity contribution in [3.8, 4) is 5.40 Å². The predicted octanol–water partition coefficient (Wildman–Crippen LogP) is 3.73. The summed E-state index contributed by atoms with van der Waals surface area (Å²) in [4.78, 5) is 0. The third kappa shape index (κ3) is 2.77. The van der Waals surface area contributed by atoms with Crippen molar-refractivity contribution in [1.29, 1.82) is 5.26 Å². The third-order valence-corrected chi connectivity index (χ3v) is 3.88. The second kappa shape index (κ2) is 4.19. The minimum Gasteiger partial charge on any atom is -0.185 e. The Morgan fingerprint density at radius 1 is 1.62 bits per heavy atom. The Morgan fingerprint density at radius 3 is 2.77 bits per heavy atom. The number of rotatable bonds is 2. The lowest BCUT2D eigenvalue weighted by Crippen LogP contribution is -2.28. The van der Waals surface area contributed by atoms with Crippen LogP contribution < -0.4 is 0 Å². The van der Waals surface area contributed by atoms with Crippen molar-refractivity contribution in [2.45, 2.75) is 44.8 Å². The smallest absolute Gasteiger partial charge is 0.133 e. The molecule has 13 heavy (non-hydrogen) atoms. The molecule has 0 bridgehead atoms. The SMILES string of the molecule is CC1=CC[C@@H](C(C)(C)SC#N)CC1. The summed E-state index contributed by atoms with van der Waals surface area (Å²) in [6.45, 7) is 6.56. The van der Waals surface area contributed by atoms with Crippen LogP contribution in [-0.4, -0.2) is 4.75 Å². The van der Waals surface area contributed by atoms with Crippen molar-refractivity contribution in [3.05, 3.63) is 11.6 Å². The van der Waals surface area contributed by atoms with Gasteiger partial charge < -0.3 is 0 Å². The Morgan fingerprint density at radius 2 is 2.31 bits per heavy atom. The summed E-state index contributed by atoms with van der Waals surface area (Å²) in [5.41, 5.74) is 1.51. The molecule has 0 N–H and O–H groups in total. The molecule has 0 saturated carbocycles. The lowest BCUT2D eigenvalue weighted by Gasteiger charge is -2.33. The summed E-state index contributed by atoms with van der Waals surface area (Å²) in [6.07, 6.45) is 5.92. The Bertz CT molecular complexity index is 247. The molecule has 1 aliphatic carbocycles. The van der Waals surface area contributed by atoms with Crippen molar-refractivity contribution in [2.24, 2.45) is 5.92 Å². The zero-order valence-electron chi connectivity index (χ0n) is 8.63. The summed E-state index contributed by atoms with van der Waals surface area (Å²) < 4.78 is 0.117. The van der Waals surface area contributed by atoms with E-state index in [4.69, 9.17) is 5.26 Å². The molecule has 0 heterocycles. The molecule has 0 aromatic rings. The van der Waals surface area contributed by atoms with Crippen molar-refractivity contribution < 1.29 is 0 Å². The lowest BCUT2D eigenvalue weighted by atomic mass is 9.82. The fraction of sp³-hybridized carbons (Fsp3) is 0.727. The monoisotopic (exact) mass is 195 g/mol. The molecule has 1 atom stereocenters. The Labute approximate surface area is 85.2 Å². The first-order valence-electron chi connectivity index (χ1n) is 4.79. The van der Waals surface area contributed by atoms with Gasteiger partial charge in [-0.15, -0.1) is 0 Å². The zero-order chi connectivity index (χ0) is 9.90. The molecule has 0 aliphatic heterocycles. The fourth-order valence-electron chi connectivity index (χ4n) is 1.80. The van der Waals surface area contributed by atoms with E-state index in [1.165, 1.54) is 30.2 Å². The number of hydrogen-bond acceptors (Lipinski definition) is 2. The molecule has 1 rings (SSSR count). The van der Waals surface area contributed by atoms with E-state index in [2.05, 4.69) is 32.2 Å². The number of thioether (sulfide) groups is 1. The van der Waals surface area contributed by atoms with Gasteiger partial charge in [0.15, 0.2) is 0 Å². The summed E-state index contributed by atoms with van der Waals surface area (Å²) in [6, 6.07) is 0. The maximum Gasteiger partial charge on any atom is 0.133 e. The van der Waals surface area contributed by atoms with Crippen LogP contribution >= 0.6 is 11.8 Å². The molecule has 0 saturated heterocycles. The molecule has 72 valence electrons. The second-order valence-corrected chi connectivity index (χ2v) is 5.76. The molecule has 1 aliphatic rings. The topological polar surface area (TPSA) is 23.8 Å². The van der Waals surface area contributed by atoms with Crippen molar-refractivity contribution in [3.63, 3.8) is 0 Å². The normalized spacial score (nSPS) is 23.5. The van der Waals surface area contributed by atoms with Crippen LogP contribution in [0.15, 0.2) is 11.6 Å². The van der Waals surface area contributed by atoms with Gasteiger partial charge in [0.2, 0.25) is 0 Å². The van der Waals surface area contributed by atoms with E-state index in [1.54, 1.807) is 0 Å². The molecule has 0 spiro atoms. The second-order valence-electron chi connectivity index (χ2n) is 4.32. The first-order chi connectivity index (χ1) is 6.06. The first-order valence-corrected chi connectivity index (χ1v) is 5.60. The van der Waals surface area contributed by atoms with Gasteiger partial charge in [0, 0.05) is 4.75 Å². The number of thiocyanates is 1. The highest BCUT2D eigenvalue weighted by Crippen LogP contribution is 2.39. The Balaban J connectivity index is 2.59. The van der Waals surface area contributed by atoms with Gasteiger partial charge in [-0.05, 0) is 57.7 Å². The van der Waals surface area contributed by atoms with Gasteiger partial charge >= 0.3 is 0 Å². The maximum absolute atomic E-state index is 8.68. The van der Waals surface area contributed by atoms with E-state index in [9.17, 15) is 0 Å². The summed E-state index contributed by atoms with van der Waals surface area (Å²) >= 11 is 1.42. The van der Waals surface area contributed by atoms with Gasteiger partial charge in [-0.3, -0.25) is 0 Å². The highest BCUT2D eigenvalue weighted by atomic mass is 32.2. The minimum atomic E-state index is 0.117. The van der Waals surface area contributed by atoms with Gasteiger partial charge in [-0.25, -0.2) is 0 Å². The molecular weight excluding hydrogens is 178 g/mol. The molecule has 0 aromatic heterocycles. The standard InChI is InChI=1S/C11H17NS/c1-9-4-6-10(7-5-9)11(2,3)13-8-12/h4,10H,5-7H2,1-3H3/t10-/m1/s1. The van der Waals surface area contributed by atoms with Crippen LogP contribution in [0.25, 0.3) is 0 Å². The first kappa shape index (κ1) is 10.7. The number of allylic oxidation sites excluding steroid dienone is 2. The third-order valence-electron chi connectivity index (χ3n) is 2.93. The van der Waals surface area contributed by atoms with E-state index in [-0.39, 0.29) is 4.75 Å².